The topological polar surface area (TPSA) is 71.4 Å². The molecule has 0 radical (unpaired) electrons. The molecule has 0 saturated carbocycles. The molecule has 0 aliphatic rings. The Balaban J connectivity index is 0.000000970. The Morgan fingerprint density at radius 3 is 1.52 bits per heavy atom. The molecule has 25 heavy (non-hydrogen) atoms. The molecule has 0 fully saturated rings. The van der Waals surface area contributed by atoms with Crippen LogP contribution in [0.2, 0.25) is 0 Å². The van der Waals surface area contributed by atoms with E-state index in [0.29, 0.717) is 19.3 Å². The summed E-state index contributed by atoms with van der Waals surface area (Å²) in [7, 11) is 0. The van der Waals surface area contributed by atoms with Gasteiger partial charge in [-0.2, -0.15) is 9.59 Å². The van der Waals surface area contributed by atoms with Gasteiger partial charge in [0.15, 0.2) is 0 Å². The summed E-state index contributed by atoms with van der Waals surface area (Å²) in [4.78, 5) is 28.1. The van der Waals surface area contributed by atoms with Crippen molar-refractivity contribution in [3.8, 4) is 0 Å². The van der Waals surface area contributed by atoms with Crippen LogP contribution in [0, 0.1) is 5.41 Å². The monoisotopic (exact) mass is 340 g/mol. The number of rotatable bonds is 8. The molecule has 1 N–H and O–H groups in total. The number of carbonyl (C=O) groups is 1. The number of carboxylic acids is 1. The zero-order valence-electron chi connectivity index (χ0n) is 14.5. The minimum absolute atomic E-state index is 0.250. The smallest absolute Gasteiger partial charge is 0.373 e. The second-order valence-corrected chi connectivity index (χ2v) is 5.99. The molecule has 2 rings (SSSR count). The lowest BCUT2D eigenvalue weighted by Crippen LogP contribution is -2.31. The normalized spacial score (nSPS) is 10.3. The van der Waals surface area contributed by atoms with Crippen LogP contribution in [0.15, 0.2) is 60.7 Å². The van der Waals surface area contributed by atoms with Gasteiger partial charge >= 0.3 is 12.1 Å². The highest BCUT2D eigenvalue weighted by atomic mass is 16.4. The fraction of sp³-hybridized carbons (Fsp3) is 0.333. The molecule has 2 aromatic carbocycles. The number of aryl methyl sites for hydroxylation is 2. The van der Waals surface area contributed by atoms with E-state index in [2.05, 4.69) is 24.3 Å². The molecule has 0 unspecified atom stereocenters. The fourth-order valence-corrected chi connectivity index (χ4v) is 2.90. The van der Waals surface area contributed by atoms with Crippen LogP contribution in [-0.2, 0) is 27.2 Å². The lowest BCUT2D eigenvalue weighted by Gasteiger charge is -2.28. The zero-order chi connectivity index (χ0) is 18.5. The van der Waals surface area contributed by atoms with Crippen molar-refractivity contribution in [2.45, 2.75) is 39.0 Å². The van der Waals surface area contributed by atoms with Crippen molar-refractivity contribution in [2.75, 3.05) is 0 Å². The van der Waals surface area contributed by atoms with E-state index in [9.17, 15) is 9.90 Å². The first kappa shape index (κ1) is 20.3. The van der Waals surface area contributed by atoms with Gasteiger partial charge in [0.25, 0.3) is 0 Å². The third kappa shape index (κ3) is 6.74. The van der Waals surface area contributed by atoms with Crippen molar-refractivity contribution < 1.29 is 19.5 Å². The van der Waals surface area contributed by atoms with Gasteiger partial charge in [0, 0.05) is 0 Å². The minimum atomic E-state index is -0.665. The van der Waals surface area contributed by atoms with E-state index in [-0.39, 0.29) is 6.15 Å². The number of carbonyl (C=O) groups excluding carboxylic acids is 2. The highest BCUT2D eigenvalue weighted by Crippen LogP contribution is 2.34. The Hall–Kier alpha value is -2.71. The zero-order valence-corrected chi connectivity index (χ0v) is 14.5. The molecule has 132 valence electrons. The number of hydrogen-bond donors (Lipinski definition) is 1. The number of benzene rings is 2. The average Bonchev–Trinajstić information content (AvgIpc) is 2.64. The SMILES string of the molecule is CCC(CCc1ccccc1)(CCc1ccccc1)C(=O)O.O=C=O. The van der Waals surface area contributed by atoms with Crippen molar-refractivity contribution in [2.24, 2.45) is 5.41 Å². The Kier molecular flexibility index (Phi) is 8.91. The summed E-state index contributed by atoms with van der Waals surface area (Å²) in [5, 5.41) is 9.78. The van der Waals surface area contributed by atoms with Crippen molar-refractivity contribution in [1.82, 2.24) is 0 Å². The molecule has 0 bridgehead atoms. The summed E-state index contributed by atoms with van der Waals surface area (Å²) in [6, 6.07) is 20.3. The van der Waals surface area contributed by atoms with E-state index in [4.69, 9.17) is 9.59 Å². The fourth-order valence-electron chi connectivity index (χ4n) is 2.90. The molecule has 0 aliphatic heterocycles. The minimum Gasteiger partial charge on any atom is -0.481 e. The van der Waals surface area contributed by atoms with Crippen LogP contribution in [-0.4, -0.2) is 17.2 Å². The predicted molar refractivity (Wildman–Crippen MR) is 94.9 cm³/mol. The molecule has 0 aromatic heterocycles. The van der Waals surface area contributed by atoms with Gasteiger partial charge in [0.2, 0.25) is 0 Å². The molecule has 4 heteroatoms. The van der Waals surface area contributed by atoms with Gasteiger partial charge in [0.05, 0.1) is 5.41 Å². The van der Waals surface area contributed by atoms with E-state index >= 15 is 0 Å². The van der Waals surface area contributed by atoms with Gasteiger partial charge in [-0.05, 0) is 43.2 Å². The van der Waals surface area contributed by atoms with Gasteiger partial charge in [-0.25, -0.2) is 0 Å². The Bertz CT molecular complexity index is 615. The summed E-state index contributed by atoms with van der Waals surface area (Å²) >= 11 is 0. The number of aliphatic carboxylic acids is 1. The summed E-state index contributed by atoms with van der Waals surface area (Å²) in [5.74, 6) is -0.665. The number of hydrogen-bond acceptors (Lipinski definition) is 3. The van der Waals surface area contributed by atoms with Gasteiger partial charge in [-0.3, -0.25) is 4.79 Å². The van der Waals surface area contributed by atoms with Gasteiger partial charge < -0.3 is 5.11 Å². The molecule has 0 aliphatic carbocycles. The van der Waals surface area contributed by atoms with Crippen molar-refractivity contribution in [3.63, 3.8) is 0 Å². The highest BCUT2D eigenvalue weighted by molar-refractivity contribution is 5.74. The molecule has 4 nitrogen and oxygen atoms in total. The Morgan fingerprint density at radius 1 is 0.880 bits per heavy atom. The number of carboxylic acid groups (broad SMARTS) is 1. The lowest BCUT2D eigenvalue weighted by atomic mass is 9.75. The average molecular weight is 340 g/mol. The molecule has 0 atom stereocenters. The van der Waals surface area contributed by atoms with Gasteiger partial charge in [-0.15, -0.1) is 0 Å². The first-order chi connectivity index (χ1) is 12.1. The molecule has 0 spiro atoms. The predicted octanol–water partition coefficient (Wildman–Crippen LogP) is 4.15. The largest absolute Gasteiger partial charge is 0.481 e. The van der Waals surface area contributed by atoms with Crippen molar-refractivity contribution in [1.29, 1.82) is 0 Å². The standard InChI is InChI=1S/C20H24O2.CO2/c1-2-20(19(21)22,15-13-17-9-5-3-6-10-17)16-14-18-11-7-4-8-12-18;2-1-3/h3-12H,2,13-16H2,1H3,(H,21,22);. The quantitative estimate of drug-likeness (QED) is 0.783. The molecule has 0 heterocycles. The maximum atomic E-state index is 11.9. The van der Waals surface area contributed by atoms with Crippen LogP contribution in [0.1, 0.15) is 37.3 Å². The molecular weight excluding hydrogens is 316 g/mol. The molecule has 0 saturated heterocycles. The van der Waals surface area contributed by atoms with E-state index in [1.165, 1.54) is 11.1 Å². The van der Waals surface area contributed by atoms with Crippen molar-refractivity contribution >= 4 is 12.1 Å². The van der Waals surface area contributed by atoms with Gasteiger partial charge in [0.1, 0.15) is 0 Å². The highest BCUT2D eigenvalue weighted by Gasteiger charge is 2.35. The maximum Gasteiger partial charge on any atom is 0.373 e. The van der Waals surface area contributed by atoms with Crippen LogP contribution in [0.25, 0.3) is 0 Å². The molecular formula is C21H24O4. The van der Waals surface area contributed by atoms with Crippen LogP contribution in [0.5, 0.6) is 0 Å². The Morgan fingerprint density at radius 2 is 1.24 bits per heavy atom. The lowest BCUT2D eigenvalue weighted by molar-refractivity contribution is -0.191. The summed E-state index contributed by atoms with van der Waals surface area (Å²) < 4.78 is 0. The van der Waals surface area contributed by atoms with E-state index in [0.717, 1.165) is 12.8 Å². The first-order valence-electron chi connectivity index (χ1n) is 8.38. The van der Waals surface area contributed by atoms with Crippen LogP contribution in [0.4, 0.5) is 0 Å². The molecule has 2 aromatic rings. The summed E-state index contributed by atoms with van der Waals surface area (Å²) in [6.07, 6.45) is 3.93. The van der Waals surface area contributed by atoms with Gasteiger partial charge in [-0.1, -0.05) is 67.6 Å². The third-order valence-corrected chi connectivity index (χ3v) is 4.60. The third-order valence-electron chi connectivity index (χ3n) is 4.60. The van der Waals surface area contributed by atoms with Crippen LogP contribution < -0.4 is 0 Å². The maximum absolute atomic E-state index is 11.9. The first-order valence-corrected chi connectivity index (χ1v) is 8.38. The molecule has 0 amide bonds. The Labute approximate surface area is 148 Å². The summed E-state index contributed by atoms with van der Waals surface area (Å²) in [6.45, 7) is 1.99. The van der Waals surface area contributed by atoms with E-state index in [1.54, 1.807) is 0 Å². The van der Waals surface area contributed by atoms with E-state index < -0.39 is 11.4 Å². The van der Waals surface area contributed by atoms with Crippen molar-refractivity contribution in [3.05, 3.63) is 71.8 Å². The van der Waals surface area contributed by atoms with Crippen LogP contribution >= 0.6 is 0 Å². The second-order valence-electron chi connectivity index (χ2n) is 5.99. The second kappa shape index (κ2) is 11.0. The van der Waals surface area contributed by atoms with E-state index in [1.807, 2.05) is 43.3 Å². The van der Waals surface area contributed by atoms with Crippen LogP contribution in [0.3, 0.4) is 0 Å². The summed E-state index contributed by atoms with van der Waals surface area (Å²) in [5.41, 5.74) is 1.79.